The normalized spacial score (nSPS) is 41.1. The number of hydrogen-bond donors (Lipinski definition) is 7. The lowest BCUT2D eigenvalue weighted by Gasteiger charge is -2.45. The molecule has 2 aliphatic rings. The van der Waals surface area contributed by atoms with Gasteiger partial charge in [0.05, 0.1) is 13.2 Å². The van der Waals surface area contributed by atoms with Crippen molar-refractivity contribution in [1.29, 1.82) is 0 Å². The second-order valence-electron chi connectivity index (χ2n) is 7.18. The van der Waals surface area contributed by atoms with Crippen LogP contribution >= 0.6 is 31.4 Å². The van der Waals surface area contributed by atoms with Gasteiger partial charge < -0.3 is 50.0 Å². The number of halogens is 2. The molecule has 11 atom stereocenters. The first kappa shape index (κ1) is 28.4. The number of alkyl halides is 2. The lowest BCUT2D eigenvalue weighted by atomic mass is 9.97. The lowest BCUT2D eigenvalue weighted by Crippen LogP contribution is -2.64. The second-order valence-corrected chi connectivity index (χ2v) is 9.19. The van der Waals surface area contributed by atoms with Gasteiger partial charge in [-0.1, -0.05) is 0 Å². The Morgan fingerprint density at radius 1 is 0.781 bits per heavy atom. The monoisotopic (exact) mass is 528 g/mol. The smallest absolute Gasteiger partial charge is 0.300 e. The molecule has 2 aliphatic heterocycles. The van der Waals surface area contributed by atoms with Crippen LogP contribution in [0.5, 0.6) is 0 Å². The lowest BCUT2D eigenvalue weighted by molar-refractivity contribution is -0.352. The van der Waals surface area contributed by atoms with Gasteiger partial charge in [0, 0.05) is 24.8 Å². The van der Waals surface area contributed by atoms with Gasteiger partial charge >= 0.3 is 0 Å². The van der Waals surface area contributed by atoms with E-state index in [4.69, 9.17) is 41.9 Å². The summed E-state index contributed by atoms with van der Waals surface area (Å²) in [4.78, 5) is 0. The third kappa shape index (κ3) is 6.66. The topological polar surface area (TPSA) is 199 Å². The average Bonchev–Trinajstić information content (AvgIpc) is 2.78. The van der Waals surface area contributed by atoms with E-state index in [9.17, 15) is 40.3 Å². The minimum absolute atomic E-state index is 0.131. The Morgan fingerprint density at radius 2 is 1.31 bits per heavy atom. The van der Waals surface area contributed by atoms with Gasteiger partial charge in [-0.05, 0) is 0 Å². The summed E-state index contributed by atoms with van der Waals surface area (Å²) in [6.07, 6.45) is -16.1. The average molecular weight is 529 g/mol. The molecule has 2 heterocycles. The number of aliphatic hydroxyl groups is 7. The summed E-state index contributed by atoms with van der Waals surface area (Å²) in [6.45, 7) is -1.11. The van der Waals surface area contributed by atoms with Crippen molar-refractivity contribution in [1.82, 2.24) is 4.67 Å². The summed E-state index contributed by atoms with van der Waals surface area (Å²) in [5.74, 6) is 0.263. The van der Waals surface area contributed by atoms with E-state index >= 15 is 0 Å². The Labute approximate surface area is 194 Å². The third-order valence-electron chi connectivity index (χ3n) is 5.07. The SMILES string of the molecule is O=[P](O[C@@H]1O[C@H](CO)[C@@H](O[C@@H]2O[C@H](CO)[C@@H](O)[C@H](O)[C@H]2O)[C@H](O)[C@H]1O)N(CCCl)CCCl. The van der Waals surface area contributed by atoms with Gasteiger partial charge in [0.2, 0.25) is 0 Å². The fourth-order valence-electron chi connectivity index (χ4n) is 3.27. The molecule has 2 saturated heterocycles. The van der Waals surface area contributed by atoms with Crippen molar-refractivity contribution in [2.24, 2.45) is 0 Å². The van der Waals surface area contributed by atoms with Crippen molar-refractivity contribution < 1.29 is 59.0 Å². The highest BCUT2D eigenvalue weighted by Crippen LogP contribution is 2.36. The first-order valence-electron chi connectivity index (χ1n) is 9.79. The van der Waals surface area contributed by atoms with E-state index < -0.39 is 82.8 Å². The fourth-order valence-corrected chi connectivity index (χ4v) is 4.92. The standard InChI is InChI=1S/C16H29Cl2NO12P/c17-1-3-19(4-2-18)32(27)31-16-13(26)11(24)14(8(6-21)29-16)30-15-12(25)10(23)9(22)7(5-20)28-15/h7-16,20-26H,1-6H2/t7-,8-,9-,10+,11-,12-,13-,14-,15+,16+/m1/s1. The first-order chi connectivity index (χ1) is 15.2. The number of nitrogens with zero attached hydrogens (tertiary/aromatic N) is 1. The molecule has 0 amide bonds. The van der Waals surface area contributed by atoms with Gasteiger partial charge in [-0.15, -0.1) is 23.2 Å². The molecule has 13 nitrogen and oxygen atoms in total. The molecule has 189 valence electrons. The summed E-state index contributed by atoms with van der Waals surface area (Å²) in [6, 6.07) is 0. The van der Waals surface area contributed by atoms with Crippen LogP contribution in [0.15, 0.2) is 0 Å². The maximum atomic E-state index is 12.5. The molecule has 1 radical (unpaired) electrons. The van der Waals surface area contributed by atoms with E-state index in [0.29, 0.717) is 0 Å². The van der Waals surface area contributed by atoms with Gasteiger partial charge in [0.25, 0.3) is 8.18 Å². The van der Waals surface area contributed by atoms with Gasteiger partial charge in [0.15, 0.2) is 12.6 Å². The minimum Gasteiger partial charge on any atom is -0.394 e. The van der Waals surface area contributed by atoms with E-state index in [0.717, 1.165) is 0 Å². The molecule has 7 N–H and O–H groups in total. The molecule has 0 aromatic rings. The molecule has 0 bridgehead atoms. The zero-order valence-corrected chi connectivity index (χ0v) is 19.2. The first-order valence-corrected chi connectivity index (χ1v) is 12.0. The molecule has 0 saturated carbocycles. The van der Waals surface area contributed by atoms with Crippen LogP contribution in [0.3, 0.4) is 0 Å². The number of rotatable bonds is 11. The van der Waals surface area contributed by atoms with Crippen LogP contribution < -0.4 is 0 Å². The van der Waals surface area contributed by atoms with Crippen LogP contribution in [0.25, 0.3) is 0 Å². The largest absolute Gasteiger partial charge is 0.394 e. The fraction of sp³-hybridized carbons (Fsp3) is 1.00. The Bertz CT molecular complexity index is 587. The maximum Gasteiger partial charge on any atom is 0.300 e. The maximum absolute atomic E-state index is 12.5. The molecular weight excluding hydrogens is 500 g/mol. The molecule has 32 heavy (non-hydrogen) atoms. The highest BCUT2D eigenvalue weighted by Gasteiger charge is 2.51. The van der Waals surface area contributed by atoms with Crippen molar-refractivity contribution in [3.8, 4) is 0 Å². The van der Waals surface area contributed by atoms with E-state index in [-0.39, 0.29) is 24.8 Å². The van der Waals surface area contributed by atoms with Crippen LogP contribution in [-0.2, 0) is 23.3 Å². The second kappa shape index (κ2) is 13.3. The van der Waals surface area contributed by atoms with Gasteiger partial charge in [-0.3, -0.25) is 4.52 Å². The molecule has 2 rings (SSSR count). The molecule has 0 aromatic heterocycles. The molecule has 0 aliphatic carbocycles. The van der Waals surface area contributed by atoms with Crippen LogP contribution in [0, 0.1) is 0 Å². The van der Waals surface area contributed by atoms with Crippen molar-refractivity contribution >= 4 is 31.4 Å². The van der Waals surface area contributed by atoms with E-state index in [1.807, 2.05) is 0 Å². The van der Waals surface area contributed by atoms with Gasteiger partial charge in [0.1, 0.15) is 48.8 Å². The molecule has 1 unspecified atom stereocenters. The van der Waals surface area contributed by atoms with Crippen molar-refractivity contribution in [3.63, 3.8) is 0 Å². The highest BCUT2D eigenvalue weighted by atomic mass is 35.5. The summed E-state index contributed by atoms with van der Waals surface area (Å²) < 4.78 is 35.0. The third-order valence-corrected chi connectivity index (χ3v) is 6.66. The van der Waals surface area contributed by atoms with Gasteiger partial charge in [-0.25, -0.2) is 9.24 Å². The predicted molar refractivity (Wildman–Crippen MR) is 108 cm³/mol. The summed E-state index contributed by atoms with van der Waals surface area (Å²) in [7, 11) is -2.56. The Kier molecular flexibility index (Phi) is 11.8. The molecule has 2 fully saturated rings. The van der Waals surface area contributed by atoms with E-state index in [1.54, 1.807) is 0 Å². The van der Waals surface area contributed by atoms with Crippen molar-refractivity contribution in [2.75, 3.05) is 38.1 Å². The zero-order chi connectivity index (χ0) is 24.0. The molecule has 16 heteroatoms. The van der Waals surface area contributed by atoms with Crippen LogP contribution in [0.2, 0.25) is 0 Å². The zero-order valence-electron chi connectivity index (χ0n) is 16.8. The molecule has 0 aromatic carbocycles. The van der Waals surface area contributed by atoms with Gasteiger partial charge in [-0.2, -0.15) is 0 Å². The number of hydrogen-bond acceptors (Lipinski definition) is 12. The molecule has 0 spiro atoms. The Hall–Kier alpha value is 0.200. The highest BCUT2D eigenvalue weighted by molar-refractivity contribution is 7.36. The van der Waals surface area contributed by atoms with Crippen LogP contribution in [0.1, 0.15) is 0 Å². The van der Waals surface area contributed by atoms with Crippen molar-refractivity contribution in [2.45, 2.75) is 61.4 Å². The van der Waals surface area contributed by atoms with E-state index in [2.05, 4.69) is 0 Å². The van der Waals surface area contributed by atoms with Crippen molar-refractivity contribution in [3.05, 3.63) is 0 Å². The van der Waals surface area contributed by atoms with E-state index in [1.165, 1.54) is 4.67 Å². The summed E-state index contributed by atoms with van der Waals surface area (Å²) >= 11 is 11.3. The summed E-state index contributed by atoms with van der Waals surface area (Å²) in [5, 5.41) is 69.7. The minimum atomic E-state index is -2.56. The molecular formula is C16H29Cl2NO12P. The number of aliphatic hydroxyl groups excluding tert-OH is 7. The Morgan fingerprint density at radius 3 is 1.84 bits per heavy atom. The summed E-state index contributed by atoms with van der Waals surface area (Å²) in [5.41, 5.74) is 0. The Balaban J connectivity index is 2.09. The van der Waals surface area contributed by atoms with Crippen LogP contribution in [-0.4, -0.2) is 140 Å². The number of ether oxygens (including phenoxy) is 3. The quantitative estimate of drug-likeness (QED) is 0.106. The predicted octanol–water partition coefficient (Wildman–Crippen LogP) is -2.94. The van der Waals surface area contributed by atoms with Crippen LogP contribution in [0.4, 0.5) is 0 Å².